The Balaban J connectivity index is 0.000000180. The summed E-state index contributed by atoms with van der Waals surface area (Å²) in [5, 5.41) is 11.3. The summed E-state index contributed by atoms with van der Waals surface area (Å²) in [6.07, 6.45) is 6.81. The van der Waals surface area contributed by atoms with Crippen molar-refractivity contribution in [3.8, 4) is 0 Å². The van der Waals surface area contributed by atoms with Gasteiger partial charge in [0.2, 0.25) is 0 Å². The van der Waals surface area contributed by atoms with Gasteiger partial charge in [0.25, 0.3) is 0 Å². The molecule has 1 aliphatic rings. The molecule has 178 valence electrons. The minimum Gasteiger partial charge on any atom is -0.334 e. The molecule has 0 bridgehead atoms. The van der Waals surface area contributed by atoms with Crippen LogP contribution in [0.5, 0.6) is 0 Å². The number of aromatic nitrogens is 4. The van der Waals surface area contributed by atoms with E-state index in [1.807, 2.05) is 6.07 Å². The third-order valence-electron chi connectivity index (χ3n) is 5.53. The fraction of sp³-hybridized carbons (Fsp3) is 0.375. The van der Waals surface area contributed by atoms with Gasteiger partial charge in [0.15, 0.2) is 0 Å². The number of likely N-dealkylation sites (tertiary alicyclic amines) is 1. The molecule has 3 aromatic heterocycles. The number of H-pyrrole nitrogens is 1. The van der Waals surface area contributed by atoms with Gasteiger partial charge in [-0.15, -0.1) is 11.3 Å². The molecule has 0 radical (unpaired) electrons. The van der Waals surface area contributed by atoms with Crippen LogP contribution in [-0.2, 0) is 16.1 Å². The highest BCUT2D eigenvalue weighted by atomic mass is 32.1. The molecule has 1 aromatic carbocycles. The van der Waals surface area contributed by atoms with Gasteiger partial charge in [0.1, 0.15) is 5.01 Å². The summed E-state index contributed by atoms with van der Waals surface area (Å²) >= 11 is 1.77. The summed E-state index contributed by atoms with van der Waals surface area (Å²) in [4.78, 5) is 36.6. The lowest BCUT2D eigenvalue weighted by Gasteiger charge is -2.30. The molecule has 4 aromatic rings. The third-order valence-corrected chi connectivity index (χ3v) is 6.55. The van der Waals surface area contributed by atoms with E-state index < -0.39 is 11.8 Å². The van der Waals surface area contributed by atoms with Gasteiger partial charge in [-0.25, -0.2) is 4.98 Å². The van der Waals surface area contributed by atoms with E-state index in [4.69, 9.17) is 0 Å². The van der Waals surface area contributed by atoms with E-state index in [1.54, 1.807) is 28.6 Å². The molecule has 1 saturated heterocycles. The molecule has 4 heterocycles. The van der Waals surface area contributed by atoms with Crippen LogP contribution in [-0.4, -0.2) is 69.0 Å². The van der Waals surface area contributed by atoms with Gasteiger partial charge in [-0.2, -0.15) is 5.10 Å². The molecule has 9 nitrogen and oxygen atoms in total. The van der Waals surface area contributed by atoms with Crippen molar-refractivity contribution in [2.24, 2.45) is 5.92 Å². The Morgan fingerprint density at radius 2 is 2.06 bits per heavy atom. The van der Waals surface area contributed by atoms with Crippen molar-refractivity contribution >= 4 is 50.0 Å². The molecular formula is C24H29N7O2S. The Hall–Kier alpha value is -3.37. The number of nitrogens with zero attached hydrogens (tertiary/aromatic N) is 5. The molecule has 10 heteroatoms. The Kier molecular flexibility index (Phi) is 7.49. The standard InChI is InChI=1S/C14H17N5O2.C10H12N2S/c1-9-3-2-4-19(8-9)14(21)13(20)17-11-7-15-5-10-6-16-18-12(10)11;1-12(2)7-10-11-8-5-3-4-6-9(8)13-10/h5-7,9H,2-4,8H2,1H3,(H,16,18)(H,17,20);3-6H,7H2,1-2H3. The number of hydrogen-bond donors (Lipinski definition) is 2. The van der Waals surface area contributed by atoms with Gasteiger partial charge in [-0.3, -0.25) is 19.7 Å². The van der Waals surface area contributed by atoms with E-state index >= 15 is 0 Å². The molecular weight excluding hydrogens is 450 g/mol. The first kappa shape index (κ1) is 23.8. The van der Waals surface area contributed by atoms with Gasteiger partial charge >= 0.3 is 11.8 Å². The second-order valence-electron chi connectivity index (χ2n) is 8.79. The van der Waals surface area contributed by atoms with Crippen molar-refractivity contribution in [2.75, 3.05) is 32.5 Å². The van der Waals surface area contributed by atoms with E-state index in [1.165, 1.54) is 15.9 Å². The third kappa shape index (κ3) is 5.75. The van der Waals surface area contributed by atoms with Crippen molar-refractivity contribution in [3.63, 3.8) is 0 Å². The number of rotatable bonds is 3. The zero-order valence-electron chi connectivity index (χ0n) is 19.6. The molecule has 2 amide bonds. The van der Waals surface area contributed by atoms with Crippen molar-refractivity contribution < 1.29 is 9.59 Å². The lowest BCUT2D eigenvalue weighted by Crippen LogP contribution is -2.44. The second kappa shape index (κ2) is 10.7. The molecule has 34 heavy (non-hydrogen) atoms. The maximum absolute atomic E-state index is 12.2. The normalized spacial score (nSPS) is 15.9. The number of pyridine rings is 1. The van der Waals surface area contributed by atoms with Crippen LogP contribution in [0.1, 0.15) is 24.8 Å². The number of thiazole rings is 1. The molecule has 0 spiro atoms. The van der Waals surface area contributed by atoms with Gasteiger partial charge in [0, 0.05) is 31.2 Å². The summed E-state index contributed by atoms with van der Waals surface area (Å²) < 4.78 is 1.28. The SMILES string of the molecule is CC1CCCN(C(=O)C(=O)Nc2cncc3cn[nH]c23)C1.CN(C)Cc1nc2ccccc2s1. The van der Waals surface area contributed by atoms with Crippen LogP contribution >= 0.6 is 11.3 Å². The minimum atomic E-state index is -0.631. The van der Waals surface area contributed by atoms with Gasteiger partial charge in [0.05, 0.1) is 33.8 Å². The molecule has 0 saturated carbocycles. The van der Waals surface area contributed by atoms with Crippen LogP contribution in [0.4, 0.5) is 5.69 Å². The number of benzene rings is 1. The Morgan fingerprint density at radius 1 is 1.24 bits per heavy atom. The summed E-state index contributed by atoms with van der Waals surface area (Å²) in [7, 11) is 4.12. The first-order chi connectivity index (χ1) is 16.4. The van der Waals surface area contributed by atoms with E-state index in [-0.39, 0.29) is 0 Å². The number of carbonyl (C=O) groups is 2. The smallest absolute Gasteiger partial charge is 0.314 e. The lowest BCUT2D eigenvalue weighted by atomic mass is 10.0. The average Bonchev–Trinajstić information content (AvgIpc) is 3.45. The number of hydrogen-bond acceptors (Lipinski definition) is 7. The minimum absolute atomic E-state index is 0.438. The number of nitrogens with one attached hydrogen (secondary N) is 2. The highest BCUT2D eigenvalue weighted by molar-refractivity contribution is 7.18. The Bertz CT molecular complexity index is 1250. The Labute approximate surface area is 202 Å². The topological polar surface area (TPSA) is 107 Å². The van der Waals surface area contributed by atoms with Crippen LogP contribution in [0.2, 0.25) is 0 Å². The maximum atomic E-state index is 12.2. The van der Waals surface area contributed by atoms with Crippen molar-refractivity contribution in [3.05, 3.63) is 47.9 Å². The number of anilines is 1. The predicted octanol–water partition coefficient (Wildman–Crippen LogP) is 3.51. The van der Waals surface area contributed by atoms with E-state index in [0.717, 1.165) is 30.3 Å². The van der Waals surface area contributed by atoms with Crippen molar-refractivity contribution in [1.29, 1.82) is 0 Å². The molecule has 1 fully saturated rings. The maximum Gasteiger partial charge on any atom is 0.314 e. The Morgan fingerprint density at radius 3 is 2.82 bits per heavy atom. The molecule has 1 unspecified atom stereocenters. The summed E-state index contributed by atoms with van der Waals surface area (Å²) in [5.41, 5.74) is 2.25. The average molecular weight is 480 g/mol. The zero-order valence-corrected chi connectivity index (χ0v) is 20.4. The molecule has 5 rings (SSSR count). The number of fused-ring (bicyclic) bond motifs is 2. The van der Waals surface area contributed by atoms with Crippen LogP contribution < -0.4 is 5.32 Å². The molecule has 2 N–H and O–H groups in total. The predicted molar refractivity (Wildman–Crippen MR) is 135 cm³/mol. The highest BCUT2D eigenvalue weighted by Gasteiger charge is 2.26. The van der Waals surface area contributed by atoms with E-state index in [2.05, 4.69) is 69.6 Å². The number of amides is 2. The zero-order chi connectivity index (χ0) is 24.1. The summed E-state index contributed by atoms with van der Waals surface area (Å²) in [6.45, 7) is 4.30. The monoisotopic (exact) mass is 479 g/mol. The molecule has 0 aliphatic carbocycles. The van der Waals surface area contributed by atoms with Gasteiger partial charge in [-0.1, -0.05) is 19.1 Å². The first-order valence-corrected chi connectivity index (χ1v) is 12.1. The number of aromatic amines is 1. The van der Waals surface area contributed by atoms with Gasteiger partial charge < -0.3 is 15.1 Å². The van der Waals surface area contributed by atoms with Crippen molar-refractivity contribution in [2.45, 2.75) is 26.3 Å². The number of carbonyl (C=O) groups excluding carboxylic acids is 2. The molecule has 1 aliphatic heterocycles. The lowest BCUT2D eigenvalue weighted by molar-refractivity contribution is -0.144. The number of piperidine rings is 1. The molecule has 1 atom stereocenters. The largest absolute Gasteiger partial charge is 0.334 e. The highest BCUT2D eigenvalue weighted by Crippen LogP contribution is 2.22. The van der Waals surface area contributed by atoms with E-state index in [0.29, 0.717) is 30.2 Å². The number of para-hydroxylation sites is 1. The fourth-order valence-corrected chi connectivity index (χ4v) is 5.00. The van der Waals surface area contributed by atoms with Crippen LogP contribution in [0, 0.1) is 5.92 Å². The fourth-order valence-electron chi connectivity index (χ4n) is 3.91. The van der Waals surface area contributed by atoms with Crippen LogP contribution in [0.3, 0.4) is 0 Å². The first-order valence-electron chi connectivity index (χ1n) is 11.3. The van der Waals surface area contributed by atoms with E-state index in [9.17, 15) is 9.59 Å². The quantitative estimate of drug-likeness (QED) is 0.436. The summed E-state index contributed by atoms with van der Waals surface area (Å²) in [5.74, 6) is -0.681. The van der Waals surface area contributed by atoms with Crippen molar-refractivity contribution in [1.82, 2.24) is 30.0 Å². The summed E-state index contributed by atoms with van der Waals surface area (Å²) in [6, 6.07) is 8.26. The second-order valence-corrected chi connectivity index (χ2v) is 9.90. The van der Waals surface area contributed by atoms with Gasteiger partial charge in [-0.05, 0) is 45.0 Å². The van der Waals surface area contributed by atoms with Crippen LogP contribution in [0.25, 0.3) is 21.1 Å². The van der Waals surface area contributed by atoms with Crippen LogP contribution in [0.15, 0.2) is 42.9 Å².